The number of hydrogen-bond acceptors (Lipinski definition) is 6. The molecular formula is C39H38N6. The van der Waals surface area contributed by atoms with Crippen LogP contribution in [0.15, 0.2) is 72.8 Å². The van der Waals surface area contributed by atoms with Crippen molar-refractivity contribution in [1.29, 1.82) is 0 Å². The van der Waals surface area contributed by atoms with Crippen molar-refractivity contribution in [2.75, 3.05) is 0 Å². The molecule has 0 unspecified atom stereocenters. The van der Waals surface area contributed by atoms with Crippen LogP contribution in [0.5, 0.6) is 0 Å². The number of rotatable bonds is 6. The summed E-state index contributed by atoms with van der Waals surface area (Å²) in [6, 6.07) is 25.6. The lowest BCUT2D eigenvalue weighted by Crippen LogP contribution is -2.09. The molecule has 6 aromatic rings. The molecule has 6 rings (SSSR count). The maximum atomic E-state index is 4.99. The van der Waals surface area contributed by atoms with Gasteiger partial charge in [-0.2, -0.15) is 0 Å². The van der Waals surface area contributed by atoms with E-state index >= 15 is 0 Å². The summed E-state index contributed by atoms with van der Waals surface area (Å²) in [6.07, 6.45) is 0.330. The Kier molecular flexibility index (Phi) is 8.07. The van der Waals surface area contributed by atoms with E-state index in [-0.39, 0.29) is 0 Å². The van der Waals surface area contributed by atoms with Crippen LogP contribution in [0.4, 0.5) is 0 Å². The minimum atomic E-state index is 0.330. The summed E-state index contributed by atoms with van der Waals surface area (Å²) < 4.78 is 0. The number of aromatic nitrogens is 6. The van der Waals surface area contributed by atoms with Crippen molar-refractivity contribution < 1.29 is 0 Å². The number of hydrogen-bond donors (Lipinski definition) is 0. The van der Waals surface area contributed by atoms with Crippen molar-refractivity contribution in [1.82, 2.24) is 29.9 Å². The second-order valence-corrected chi connectivity index (χ2v) is 12.5. The highest BCUT2D eigenvalue weighted by Crippen LogP contribution is 2.27. The third-order valence-electron chi connectivity index (χ3n) is 7.60. The van der Waals surface area contributed by atoms with Crippen LogP contribution in [0.25, 0.3) is 45.6 Å². The maximum absolute atomic E-state index is 4.99. The van der Waals surface area contributed by atoms with E-state index in [1.165, 1.54) is 0 Å². The van der Waals surface area contributed by atoms with Gasteiger partial charge in [0.05, 0.1) is 6.42 Å². The molecule has 4 aromatic carbocycles. The van der Waals surface area contributed by atoms with Gasteiger partial charge in [0, 0.05) is 22.3 Å². The quantitative estimate of drug-likeness (QED) is 0.193. The fourth-order valence-electron chi connectivity index (χ4n) is 6.07. The Morgan fingerprint density at radius 2 is 0.489 bits per heavy atom. The van der Waals surface area contributed by atoms with Crippen molar-refractivity contribution in [3.8, 4) is 45.6 Å². The van der Waals surface area contributed by atoms with E-state index in [9.17, 15) is 0 Å². The second kappa shape index (κ2) is 12.1. The third-order valence-corrected chi connectivity index (χ3v) is 7.60. The van der Waals surface area contributed by atoms with E-state index in [1.54, 1.807) is 0 Å². The summed E-state index contributed by atoms with van der Waals surface area (Å²) in [6.45, 7) is 16.8. The predicted octanol–water partition coefficient (Wildman–Crippen LogP) is 8.78. The Morgan fingerprint density at radius 1 is 0.289 bits per heavy atom. The van der Waals surface area contributed by atoms with Gasteiger partial charge in [-0.3, -0.25) is 0 Å². The molecule has 0 fully saturated rings. The van der Waals surface area contributed by atoms with Gasteiger partial charge < -0.3 is 0 Å². The van der Waals surface area contributed by atoms with Gasteiger partial charge in [0.1, 0.15) is 11.6 Å². The monoisotopic (exact) mass is 590 g/mol. The fourth-order valence-corrected chi connectivity index (χ4v) is 6.07. The SMILES string of the molecule is Cc1cc(C)cc(-c2nc(Cc3nc(-c4cc(C)cc(C)c4)nc(-c4cc(C)cc(C)c4)n3)nc(-c3cc(C)cc(C)c3)n2)c1. The third kappa shape index (κ3) is 7.01. The van der Waals surface area contributed by atoms with Crippen LogP contribution in [-0.2, 0) is 6.42 Å². The Labute approximate surface area is 265 Å². The lowest BCUT2D eigenvalue weighted by atomic mass is 10.1. The molecule has 6 heteroatoms. The summed E-state index contributed by atoms with van der Waals surface area (Å²) in [5.74, 6) is 3.77. The summed E-state index contributed by atoms with van der Waals surface area (Å²) in [5.41, 5.74) is 13.1. The zero-order valence-electron chi connectivity index (χ0n) is 27.3. The van der Waals surface area contributed by atoms with Gasteiger partial charge in [-0.1, -0.05) is 68.8 Å². The molecule has 0 aliphatic rings. The van der Waals surface area contributed by atoms with Crippen molar-refractivity contribution in [2.24, 2.45) is 0 Å². The molecule has 0 saturated heterocycles. The average molecular weight is 591 g/mol. The molecule has 0 bridgehead atoms. The maximum Gasteiger partial charge on any atom is 0.163 e. The smallest absolute Gasteiger partial charge is 0.163 e. The van der Waals surface area contributed by atoms with Crippen molar-refractivity contribution in [3.63, 3.8) is 0 Å². The van der Waals surface area contributed by atoms with Gasteiger partial charge in [0.15, 0.2) is 23.3 Å². The van der Waals surface area contributed by atoms with Crippen LogP contribution >= 0.6 is 0 Å². The van der Waals surface area contributed by atoms with Crippen LogP contribution in [0.3, 0.4) is 0 Å². The van der Waals surface area contributed by atoms with Gasteiger partial charge >= 0.3 is 0 Å². The zero-order chi connectivity index (χ0) is 31.8. The van der Waals surface area contributed by atoms with Crippen molar-refractivity contribution in [2.45, 2.75) is 61.8 Å². The van der Waals surface area contributed by atoms with Crippen LogP contribution in [-0.4, -0.2) is 29.9 Å². The first-order valence-corrected chi connectivity index (χ1v) is 15.3. The summed E-state index contributed by atoms with van der Waals surface area (Å²) in [7, 11) is 0. The molecule has 2 heterocycles. The van der Waals surface area contributed by atoms with Crippen LogP contribution in [0, 0.1) is 55.4 Å². The molecule has 0 atom stereocenters. The minimum absolute atomic E-state index is 0.330. The molecule has 224 valence electrons. The first-order chi connectivity index (χ1) is 21.5. The highest BCUT2D eigenvalue weighted by atomic mass is 15.1. The standard InChI is InChI=1S/C39H38N6/c1-22-9-23(2)14-30(13-22)36-40-34(41-37(44-36)31-15-24(3)10-25(4)16-31)21-35-42-38(32-17-26(5)11-27(6)18-32)45-39(43-35)33-19-28(7)12-29(8)20-33/h9-20H,21H2,1-8H3. The highest BCUT2D eigenvalue weighted by molar-refractivity contribution is 5.65. The number of nitrogens with zero attached hydrogens (tertiary/aromatic N) is 6. The van der Waals surface area contributed by atoms with E-state index in [0.717, 1.165) is 66.8 Å². The molecule has 0 radical (unpaired) electrons. The minimum Gasteiger partial charge on any atom is -0.213 e. The van der Waals surface area contributed by atoms with E-state index in [1.807, 2.05) is 0 Å². The highest BCUT2D eigenvalue weighted by Gasteiger charge is 2.17. The van der Waals surface area contributed by atoms with Crippen molar-refractivity contribution in [3.05, 3.63) is 129 Å². The molecule has 2 aromatic heterocycles. The lowest BCUT2D eigenvalue weighted by molar-refractivity contribution is 0.860. The molecule has 0 N–H and O–H groups in total. The molecular weight excluding hydrogens is 552 g/mol. The molecule has 6 nitrogen and oxygen atoms in total. The van der Waals surface area contributed by atoms with Gasteiger partial charge in [0.25, 0.3) is 0 Å². The fraction of sp³-hybridized carbons (Fsp3) is 0.231. The van der Waals surface area contributed by atoms with Gasteiger partial charge in [-0.15, -0.1) is 0 Å². The first-order valence-electron chi connectivity index (χ1n) is 15.3. The zero-order valence-corrected chi connectivity index (χ0v) is 27.3. The van der Waals surface area contributed by atoms with Gasteiger partial charge in [-0.25, -0.2) is 29.9 Å². The predicted molar refractivity (Wildman–Crippen MR) is 182 cm³/mol. The Bertz CT molecular complexity index is 1710. The summed E-state index contributed by atoms with van der Waals surface area (Å²) in [4.78, 5) is 29.9. The van der Waals surface area contributed by atoms with E-state index in [2.05, 4.69) is 128 Å². The molecule has 0 aliphatic carbocycles. The van der Waals surface area contributed by atoms with Gasteiger partial charge in [-0.05, 0) is 104 Å². The van der Waals surface area contributed by atoms with Gasteiger partial charge in [0.2, 0.25) is 0 Å². The number of benzene rings is 4. The lowest BCUT2D eigenvalue weighted by Gasteiger charge is -2.12. The normalized spacial score (nSPS) is 11.2. The topological polar surface area (TPSA) is 77.3 Å². The van der Waals surface area contributed by atoms with Crippen LogP contribution in [0.2, 0.25) is 0 Å². The average Bonchev–Trinajstić information content (AvgIpc) is 2.95. The van der Waals surface area contributed by atoms with E-state index < -0.39 is 0 Å². The van der Waals surface area contributed by atoms with E-state index in [4.69, 9.17) is 29.9 Å². The Hall–Kier alpha value is -5.10. The van der Waals surface area contributed by atoms with Crippen LogP contribution < -0.4 is 0 Å². The summed E-state index contributed by atoms with van der Waals surface area (Å²) >= 11 is 0. The molecule has 0 aliphatic heterocycles. The molecule has 45 heavy (non-hydrogen) atoms. The summed E-state index contributed by atoms with van der Waals surface area (Å²) in [5, 5.41) is 0. The number of aryl methyl sites for hydroxylation is 8. The molecule has 0 amide bonds. The first kappa shape index (κ1) is 29.9. The largest absolute Gasteiger partial charge is 0.213 e. The molecule has 0 saturated carbocycles. The van der Waals surface area contributed by atoms with Crippen molar-refractivity contribution >= 4 is 0 Å². The molecule has 0 spiro atoms. The Balaban J connectivity index is 1.53. The Morgan fingerprint density at radius 3 is 0.689 bits per heavy atom. The second-order valence-electron chi connectivity index (χ2n) is 12.5. The van der Waals surface area contributed by atoms with Crippen LogP contribution in [0.1, 0.15) is 56.2 Å². The van der Waals surface area contributed by atoms with E-state index in [0.29, 0.717) is 41.4 Å².